The number of rotatable bonds is 5. The van der Waals surface area contributed by atoms with Crippen molar-refractivity contribution in [1.82, 2.24) is 9.55 Å². The van der Waals surface area contributed by atoms with E-state index in [9.17, 15) is 9.59 Å². The summed E-state index contributed by atoms with van der Waals surface area (Å²) in [7, 11) is 0. The largest absolute Gasteiger partial charge is 0.443 e. The van der Waals surface area contributed by atoms with Crippen molar-refractivity contribution in [2.45, 2.75) is 64.9 Å². The van der Waals surface area contributed by atoms with E-state index in [1.807, 2.05) is 24.3 Å². The Morgan fingerprint density at radius 1 is 1.28 bits per heavy atom. The number of nitrogen functional groups attached to an aromatic ring is 1. The summed E-state index contributed by atoms with van der Waals surface area (Å²) >= 11 is 0. The Hall–Kier alpha value is -2.83. The second-order valence-corrected chi connectivity index (χ2v) is 8.64. The lowest BCUT2D eigenvalue weighted by Crippen LogP contribution is -2.28. The van der Waals surface area contributed by atoms with Crippen molar-refractivity contribution in [2.24, 2.45) is 5.92 Å². The molecule has 1 amide bonds. The number of carbonyl (C=O) groups excluding carboxylic acids is 2. The van der Waals surface area contributed by atoms with E-state index in [2.05, 4.69) is 10.3 Å². The summed E-state index contributed by atoms with van der Waals surface area (Å²) in [6.45, 7) is 5.37. The molecule has 7 nitrogen and oxygen atoms in total. The molecule has 1 saturated carbocycles. The molecule has 1 aliphatic rings. The Bertz CT molecular complexity index is 876. The first-order chi connectivity index (χ1) is 13.7. The van der Waals surface area contributed by atoms with Crippen LogP contribution in [0.4, 0.5) is 16.4 Å². The molecule has 1 aromatic heterocycles. The van der Waals surface area contributed by atoms with E-state index in [1.165, 1.54) is 36.4 Å². The molecule has 1 fully saturated rings. The van der Waals surface area contributed by atoms with E-state index >= 15 is 0 Å². The fraction of sp³-hybridized carbons (Fsp3) is 0.500. The van der Waals surface area contributed by atoms with E-state index < -0.39 is 11.7 Å². The maximum Gasteiger partial charge on any atom is 0.421 e. The fourth-order valence-electron chi connectivity index (χ4n) is 3.68. The van der Waals surface area contributed by atoms with Crippen molar-refractivity contribution in [3.8, 4) is 11.3 Å². The van der Waals surface area contributed by atoms with E-state index in [4.69, 9.17) is 10.5 Å². The molecule has 2 aromatic rings. The van der Waals surface area contributed by atoms with Gasteiger partial charge in [-0.2, -0.15) is 0 Å². The van der Waals surface area contributed by atoms with Crippen molar-refractivity contribution >= 4 is 23.6 Å². The Kier molecular flexibility index (Phi) is 6.25. The molecule has 1 aliphatic carbocycles. The van der Waals surface area contributed by atoms with Gasteiger partial charge in [-0.25, -0.2) is 14.3 Å². The second kappa shape index (κ2) is 8.68. The Labute approximate surface area is 171 Å². The van der Waals surface area contributed by atoms with Crippen LogP contribution in [0.3, 0.4) is 0 Å². The lowest BCUT2D eigenvalue weighted by Gasteiger charge is -2.20. The molecular formula is C22H30N4O3. The van der Waals surface area contributed by atoms with Crippen LogP contribution in [0, 0.1) is 5.92 Å². The summed E-state index contributed by atoms with van der Waals surface area (Å²) in [5.41, 5.74) is 7.15. The number of amides is 1. The minimum absolute atomic E-state index is 0.00853. The molecule has 1 heterocycles. The van der Waals surface area contributed by atoms with Crippen molar-refractivity contribution in [3.63, 3.8) is 0 Å². The Morgan fingerprint density at radius 3 is 2.69 bits per heavy atom. The maximum atomic E-state index is 12.6. The van der Waals surface area contributed by atoms with Gasteiger partial charge in [0, 0.05) is 17.7 Å². The fourth-order valence-corrected chi connectivity index (χ4v) is 3.68. The molecule has 3 rings (SSSR count). The average Bonchev–Trinajstić information content (AvgIpc) is 3.28. The summed E-state index contributed by atoms with van der Waals surface area (Å²) in [5, 5.41) is 2.95. The van der Waals surface area contributed by atoms with Crippen LogP contribution in [-0.2, 0) is 9.53 Å². The molecule has 0 aliphatic heterocycles. The number of imidazole rings is 1. The van der Waals surface area contributed by atoms with Gasteiger partial charge in [-0.3, -0.25) is 4.79 Å². The molecule has 7 heteroatoms. The summed E-state index contributed by atoms with van der Waals surface area (Å²) in [6.07, 6.45) is 7.43. The molecule has 0 radical (unpaired) electrons. The number of hydrogen-bond donors (Lipinski definition) is 2. The van der Waals surface area contributed by atoms with E-state index in [0.717, 1.165) is 6.42 Å². The van der Waals surface area contributed by atoms with Gasteiger partial charge in [0.05, 0.1) is 11.9 Å². The van der Waals surface area contributed by atoms with Crippen LogP contribution in [0.15, 0.2) is 30.5 Å². The van der Waals surface area contributed by atoms with Crippen LogP contribution in [0.1, 0.15) is 59.3 Å². The van der Waals surface area contributed by atoms with Gasteiger partial charge in [-0.1, -0.05) is 37.8 Å². The van der Waals surface area contributed by atoms with Gasteiger partial charge in [-0.15, -0.1) is 0 Å². The molecule has 0 spiro atoms. The van der Waals surface area contributed by atoms with E-state index in [1.54, 1.807) is 20.8 Å². The lowest BCUT2D eigenvalue weighted by atomic mass is 10.0. The van der Waals surface area contributed by atoms with Crippen LogP contribution < -0.4 is 11.1 Å². The number of nitrogens with zero attached hydrogens (tertiary/aromatic N) is 2. The Morgan fingerprint density at radius 2 is 2.00 bits per heavy atom. The second-order valence-electron chi connectivity index (χ2n) is 8.64. The standard InChI is InChI=1S/C22H30N4O3/c1-22(2,3)29-21(28)26-18(14-24-20(26)23)16-9-6-10-17(13-16)25-19(27)12-11-15-7-4-5-8-15/h6,9-10,13-15H,4-5,7-8,11-12H2,1-3H3,(H2,23,24)(H,25,27). The number of hydrogen-bond acceptors (Lipinski definition) is 5. The zero-order valence-electron chi connectivity index (χ0n) is 17.4. The normalized spacial score (nSPS) is 14.7. The number of nitrogens with one attached hydrogen (secondary N) is 1. The first kappa shape index (κ1) is 20.9. The summed E-state index contributed by atoms with van der Waals surface area (Å²) in [4.78, 5) is 29.0. The van der Waals surface area contributed by atoms with Crippen molar-refractivity contribution in [1.29, 1.82) is 0 Å². The van der Waals surface area contributed by atoms with Gasteiger partial charge in [0.15, 0.2) is 0 Å². The molecule has 0 saturated heterocycles. The predicted octanol–water partition coefficient (Wildman–Crippen LogP) is 4.82. The molecule has 156 valence electrons. The number of benzene rings is 1. The van der Waals surface area contributed by atoms with Crippen molar-refractivity contribution < 1.29 is 14.3 Å². The highest BCUT2D eigenvalue weighted by molar-refractivity contribution is 5.91. The van der Waals surface area contributed by atoms with Gasteiger partial charge < -0.3 is 15.8 Å². The molecule has 0 atom stereocenters. The summed E-state index contributed by atoms with van der Waals surface area (Å²) < 4.78 is 6.68. The smallest absolute Gasteiger partial charge is 0.421 e. The summed E-state index contributed by atoms with van der Waals surface area (Å²) in [6, 6.07) is 7.30. The minimum atomic E-state index is -0.653. The number of aromatic nitrogens is 2. The third kappa shape index (κ3) is 5.59. The third-order valence-corrected chi connectivity index (χ3v) is 5.06. The van der Waals surface area contributed by atoms with E-state index in [-0.39, 0.29) is 11.9 Å². The molecule has 0 bridgehead atoms. The van der Waals surface area contributed by atoms with Crippen LogP contribution in [-0.4, -0.2) is 27.2 Å². The van der Waals surface area contributed by atoms with Crippen LogP contribution in [0.5, 0.6) is 0 Å². The number of carbonyl (C=O) groups is 2. The highest BCUT2D eigenvalue weighted by Gasteiger charge is 2.23. The minimum Gasteiger partial charge on any atom is -0.443 e. The molecule has 1 aromatic carbocycles. The lowest BCUT2D eigenvalue weighted by molar-refractivity contribution is -0.116. The highest BCUT2D eigenvalue weighted by atomic mass is 16.6. The van der Waals surface area contributed by atoms with Crippen molar-refractivity contribution in [3.05, 3.63) is 30.5 Å². The van der Waals surface area contributed by atoms with Crippen molar-refractivity contribution in [2.75, 3.05) is 11.1 Å². The maximum absolute atomic E-state index is 12.6. The van der Waals surface area contributed by atoms with Gasteiger partial charge in [0.25, 0.3) is 0 Å². The molecule has 29 heavy (non-hydrogen) atoms. The number of ether oxygens (including phenoxy) is 1. The van der Waals surface area contributed by atoms with Gasteiger partial charge in [0.1, 0.15) is 5.60 Å². The molecular weight excluding hydrogens is 368 g/mol. The van der Waals surface area contributed by atoms with Gasteiger partial charge >= 0.3 is 6.09 Å². The Balaban J connectivity index is 1.72. The summed E-state index contributed by atoms with van der Waals surface area (Å²) in [5.74, 6) is 0.743. The number of anilines is 2. The quantitative estimate of drug-likeness (QED) is 0.752. The third-order valence-electron chi connectivity index (χ3n) is 5.06. The predicted molar refractivity (Wildman–Crippen MR) is 114 cm³/mol. The first-order valence-electron chi connectivity index (χ1n) is 10.2. The monoisotopic (exact) mass is 398 g/mol. The van der Waals surface area contributed by atoms with Gasteiger partial charge in [0.2, 0.25) is 11.9 Å². The first-order valence-corrected chi connectivity index (χ1v) is 10.2. The SMILES string of the molecule is CC(C)(C)OC(=O)n1c(-c2cccc(NC(=O)CCC3CCCC3)c2)cnc1N. The van der Waals surface area contributed by atoms with Crippen LogP contribution in [0.2, 0.25) is 0 Å². The molecule has 0 unspecified atom stereocenters. The van der Waals surface area contributed by atoms with Crippen LogP contribution >= 0.6 is 0 Å². The van der Waals surface area contributed by atoms with Crippen LogP contribution in [0.25, 0.3) is 11.3 Å². The molecule has 3 N–H and O–H groups in total. The highest BCUT2D eigenvalue weighted by Crippen LogP contribution is 2.29. The zero-order valence-corrected chi connectivity index (χ0v) is 17.4. The zero-order chi connectivity index (χ0) is 21.0. The van der Waals surface area contributed by atoms with Gasteiger partial charge in [-0.05, 0) is 45.2 Å². The van der Waals surface area contributed by atoms with E-state index in [0.29, 0.717) is 29.3 Å². The topological polar surface area (TPSA) is 99.2 Å². The number of nitrogens with two attached hydrogens (primary N) is 1. The average molecular weight is 399 g/mol.